The van der Waals surface area contributed by atoms with Crippen LogP contribution in [0.5, 0.6) is 0 Å². The van der Waals surface area contributed by atoms with Crippen LogP contribution in [0.1, 0.15) is 18.1 Å². The van der Waals surface area contributed by atoms with Crippen molar-refractivity contribution >= 4 is 15.3 Å². The van der Waals surface area contributed by atoms with E-state index in [4.69, 9.17) is 0 Å². The molecular weight excluding hydrogens is 262 g/mol. The first-order valence-corrected chi connectivity index (χ1v) is 7.12. The largest absolute Gasteiger partial charge is 0.621 e. The van der Waals surface area contributed by atoms with E-state index in [1.807, 2.05) is 24.3 Å². The molecule has 0 N–H and O–H groups in total. The Labute approximate surface area is 114 Å². The van der Waals surface area contributed by atoms with Crippen molar-refractivity contribution in [2.24, 2.45) is 0 Å². The second-order valence-electron chi connectivity index (χ2n) is 4.40. The number of allylic oxidation sites excluding steroid dienone is 2. The highest BCUT2D eigenvalue weighted by atomic mass is 32.2. The number of hydroxylamine groups is 3. The van der Waals surface area contributed by atoms with Crippen LogP contribution >= 0.6 is 0 Å². The number of hydrogen-bond donors (Lipinski definition) is 0. The molecule has 19 heavy (non-hydrogen) atoms. The third-order valence-corrected chi connectivity index (χ3v) is 3.86. The fourth-order valence-corrected chi connectivity index (χ4v) is 2.56. The quantitative estimate of drug-likeness (QED) is 0.483. The molecule has 1 unspecified atom stereocenters. The maximum atomic E-state index is 12.6. The van der Waals surface area contributed by atoms with Crippen molar-refractivity contribution in [1.29, 1.82) is 0 Å². The Morgan fingerprint density at radius 3 is 2.32 bits per heavy atom. The van der Waals surface area contributed by atoms with E-state index in [1.54, 1.807) is 12.2 Å². The number of benzene rings is 1. The molecule has 4 nitrogen and oxygen atoms in total. The fraction of sp³-hybridized carbons (Fsp3) is 0.214. The van der Waals surface area contributed by atoms with Gasteiger partial charge < -0.3 is 5.21 Å². The Kier molecular flexibility index (Phi) is 3.99. The average Bonchev–Trinajstić information content (AvgIpc) is 2.39. The lowest BCUT2D eigenvalue weighted by Crippen LogP contribution is -2.42. The van der Waals surface area contributed by atoms with Crippen LogP contribution in [0.2, 0.25) is 0 Å². The molecule has 0 bridgehead atoms. The summed E-state index contributed by atoms with van der Waals surface area (Å²) in [7, 11) is -2.51. The van der Waals surface area contributed by atoms with Crippen molar-refractivity contribution in [2.45, 2.75) is 19.9 Å². The first-order valence-electron chi connectivity index (χ1n) is 6.04. The Hall–Kier alpha value is -1.69. The highest BCUT2D eigenvalue weighted by Gasteiger charge is 2.24. The minimum atomic E-state index is -2.51. The van der Waals surface area contributed by atoms with Gasteiger partial charge in [0.15, 0.2) is 0 Å². The van der Waals surface area contributed by atoms with Crippen LogP contribution in [0.3, 0.4) is 0 Å². The lowest BCUT2D eigenvalue weighted by Gasteiger charge is -2.37. The van der Waals surface area contributed by atoms with Gasteiger partial charge in [0.25, 0.3) is 15.3 Å². The molecule has 1 aliphatic rings. The number of hydrogen-bond acceptors (Lipinski definition) is 3. The maximum Gasteiger partial charge on any atom is 0.277 e. The molecule has 1 atom stereocenters. The smallest absolute Gasteiger partial charge is 0.277 e. The zero-order valence-electron chi connectivity index (χ0n) is 10.6. The van der Waals surface area contributed by atoms with Gasteiger partial charge in [0.1, 0.15) is 12.7 Å². The summed E-state index contributed by atoms with van der Waals surface area (Å²) >= 11 is 0. The number of aryl methyl sites for hydroxylation is 1. The molecule has 0 aromatic heterocycles. The van der Waals surface area contributed by atoms with Crippen molar-refractivity contribution in [3.05, 3.63) is 65.0 Å². The highest BCUT2D eigenvalue weighted by molar-refractivity contribution is 7.72. The Morgan fingerprint density at radius 2 is 1.74 bits per heavy atom. The van der Waals surface area contributed by atoms with Crippen molar-refractivity contribution in [3.63, 3.8) is 0 Å². The lowest BCUT2D eigenvalue weighted by molar-refractivity contribution is -0.744. The molecule has 0 amide bonds. The minimum absolute atomic E-state index is 0.0775. The lowest BCUT2D eigenvalue weighted by atomic mass is 10.1. The Balaban J connectivity index is 2.32. The molecular formula is C14H15NO3S. The summed E-state index contributed by atoms with van der Waals surface area (Å²) in [4.78, 5) is -0.165. The summed E-state index contributed by atoms with van der Waals surface area (Å²) in [5.41, 5.74) is 2.00. The van der Waals surface area contributed by atoms with Crippen LogP contribution < -0.4 is 0 Å². The van der Waals surface area contributed by atoms with Gasteiger partial charge in [-0.15, -0.1) is 0 Å². The van der Waals surface area contributed by atoms with E-state index in [9.17, 15) is 13.6 Å². The molecule has 1 aromatic rings. The Morgan fingerprint density at radius 1 is 1.11 bits per heavy atom. The number of rotatable bonds is 3. The normalized spacial score (nSPS) is 21.7. The van der Waals surface area contributed by atoms with E-state index in [0.29, 0.717) is 0 Å². The van der Waals surface area contributed by atoms with E-state index in [1.165, 1.54) is 17.8 Å². The van der Waals surface area contributed by atoms with Crippen molar-refractivity contribution in [2.75, 3.05) is 0 Å². The van der Waals surface area contributed by atoms with Gasteiger partial charge in [0.2, 0.25) is 0 Å². The standard InChI is InChI=1S/C14H15NO3S/c1-2-12-6-8-13(9-7-12)11-15(16)10-4-3-5-14(15)19(17)18/h3-10H,2,11H2,1H3. The van der Waals surface area contributed by atoms with Gasteiger partial charge in [-0.1, -0.05) is 31.2 Å². The molecule has 2 rings (SSSR count). The molecule has 0 saturated carbocycles. The summed E-state index contributed by atoms with van der Waals surface area (Å²) in [5, 5.41) is 12.6. The molecule has 1 aromatic carbocycles. The molecule has 0 saturated heterocycles. The highest BCUT2D eigenvalue weighted by Crippen LogP contribution is 2.19. The topological polar surface area (TPSA) is 57.2 Å². The van der Waals surface area contributed by atoms with Crippen LogP contribution in [-0.4, -0.2) is 18.1 Å². The maximum absolute atomic E-state index is 12.6. The first-order chi connectivity index (χ1) is 9.05. The molecule has 0 fully saturated rings. The van der Waals surface area contributed by atoms with Crippen LogP contribution in [0.4, 0.5) is 0 Å². The molecule has 0 radical (unpaired) electrons. The van der Waals surface area contributed by atoms with E-state index in [-0.39, 0.29) is 11.5 Å². The minimum Gasteiger partial charge on any atom is -0.621 e. The molecule has 0 aliphatic carbocycles. The molecule has 1 aliphatic heterocycles. The van der Waals surface area contributed by atoms with Crippen LogP contribution in [0.15, 0.2) is 48.7 Å². The van der Waals surface area contributed by atoms with Crippen LogP contribution in [-0.2, 0) is 23.3 Å². The molecule has 100 valence electrons. The summed E-state index contributed by atoms with van der Waals surface area (Å²) < 4.78 is 21.3. The molecule has 1 heterocycles. The van der Waals surface area contributed by atoms with Gasteiger partial charge in [-0.05, 0) is 24.1 Å². The van der Waals surface area contributed by atoms with Crippen molar-refractivity contribution in [3.8, 4) is 0 Å². The SMILES string of the molecule is CCc1ccc(C[N+]2([O-])C=CC=CC2=S(=O)=O)cc1. The molecule has 0 spiro atoms. The fourth-order valence-electron chi connectivity index (χ4n) is 1.99. The van der Waals surface area contributed by atoms with E-state index in [0.717, 1.165) is 12.0 Å². The number of nitrogens with zero attached hydrogens (tertiary/aromatic N) is 1. The van der Waals surface area contributed by atoms with Crippen LogP contribution in [0.25, 0.3) is 0 Å². The van der Waals surface area contributed by atoms with E-state index >= 15 is 0 Å². The first kappa shape index (κ1) is 13.7. The van der Waals surface area contributed by atoms with Gasteiger partial charge in [-0.25, -0.2) is 0 Å². The van der Waals surface area contributed by atoms with Gasteiger partial charge in [0.05, 0.1) is 0 Å². The summed E-state index contributed by atoms with van der Waals surface area (Å²) in [6, 6.07) is 7.65. The zero-order valence-corrected chi connectivity index (χ0v) is 11.4. The van der Waals surface area contributed by atoms with E-state index < -0.39 is 14.9 Å². The second kappa shape index (κ2) is 5.52. The summed E-state index contributed by atoms with van der Waals surface area (Å²) in [6.07, 6.45) is 6.75. The van der Waals surface area contributed by atoms with Gasteiger partial charge >= 0.3 is 0 Å². The third-order valence-electron chi connectivity index (χ3n) is 3.07. The second-order valence-corrected chi connectivity index (χ2v) is 5.29. The molecule has 5 heteroatoms. The predicted octanol–water partition coefficient (Wildman–Crippen LogP) is 2.16. The zero-order chi connectivity index (χ0) is 13.9. The predicted molar refractivity (Wildman–Crippen MR) is 75.4 cm³/mol. The monoisotopic (exact) mass is 277 g/mol. The summed E-state index contributed by atoms with van der Waals surface area (Å²) in [6.45, 7) is 2.13. The van der Waals surface area contributed by atoms with Gasteiger partial charge in [-0.2, -0.15) is 8.42 Å². The number of quaternary nitrogens is 1. The van der Waals surface area contributed by atoms with Crippen molar-refractivity contribution in [1.82, 2.24) is 0 Å². The van der Waals surface area contributed by atoms with Crippen molar-refractivity contribution < 1.29 is 13.1 Å². The van der Waals surface area contributed by atoms with Gasteiger partial charge in [-0.3, -0.25) is 4.65 Å². The van der Waals surface area contributed by atoms with Crippen LogP contribution in [0, 0.1) is 5.21 Å². The third kappa shape index (κ3) is 3.01. The van der Waals surface area contributed by atoms with E-state index in [2.05, 4.69) is 6.92 Å². The summed E-state index contributed by atoms with van der Waals surface area (Å²) in [5.74, 6) is 0. The Bertz CT molecular complexity index is 648. The van der Waals surface area contributed by atoms with Gasteiger partial charge in [0, 0.05) is 11.6 Å². The average molecular weight is 277 g/mol.